The number of halogens is 1. The van der Waals surface area contributed by atoms with Crippen molar-refractivity contribution in [2.75, 3.05) is 10.6 Å². The average Bonchev–Trinajstić information content (AvgIpc) is 3.27. The van der Waals surface area contributed by atoms with E-state index in [4.69, 9.17) is 11.6 Å². The van der Waals surface area contributed by atoms with E-state index < -0.39 is 5.97 Å². The summed E-state index contributed by atoms with van der Waals surface area (Å²) in [5.41, 5.74) is 6.16. The monoisotopic (exact) mass is 446 g/mol. The third-order valence-corrected chi connectivity index (χ3v) is 5.91. The molecule has 0 aliphatic heterocycles. The van der Waals surface area contributed by atoms with Crippen molar-refractivity contribution >= 4 is 40.5 Å². The largest absolute Gasteiger partial charge is 0.478 e. The normalized spacial score (nSPS) is 13.2. The molecule has 0 heterocycles. The molecule has 0 unspecified atom stereocenters. The number of hydrogen-bond donors (Lipinski definition) is 3. The number of rotatable bonds is 6. The van der Waals surface area contributed by atoms with Crippen LogP contribution in [0.25, 0.3) is 11.1 Å². The highest BCUT2D eigenvalue weighted by Crippen LogP contribution is 2.32. The summed E-state index contributed by atoms with van der Waals surface area (Å²) in [5.74, 6) is -1.37. The van der Waals surface area contributed by atoms with Gasteiger partial charge in [0.2, 0.25) is 0 Å². The molecule has 0 fully saturated rings. The first-order valence-corrected chi connectivity index (χ1v) is 10.8. The topological polar surface area (TPSA) is 78.4 Å². The predicted molar refractivity (Wildman–Crippen MR) is 128 cm³/mol. The lowest BCUT2D eigenvalue weighted by Crippen LogP contribution is -2.16. The minimum atomic E-state index is -1.02. The highest BCUT2D eigenvalue weighted by atomic mass is 35.5. The highest BCUT2D eigenvalue weighted by molar-refractivity contribution is 6.33. The van der Waals surface area contributed by atoms with Crippen molar-refractivity contribution in [2.24, 2.45) is 0 Å². The first kappa shape index (κ1) is 21.7. The number of hydrogen-bond acceptors (Lipinski definition) is 3. The standard InChI is InChI=1S/C26H23ClN2O3/c1-16-5-2-3-6-20(16)17-9-14-24(23(27)15-17)28-18-10-12-19(13-11-18)29-25(30)21-7-4-8-22(21)26(31)32/h2-3,5-6,9-15,28H,4,7-8H2,1H3,(H,29,30)(H,31,32). The lowest BCUT2D eigenvalue weighted by atomic mass is 10.0. The smallest absolute Gasteiger partial charge is 0.332 e. The maximum absolute atomic E-state index is 12.5. The molecule has 1 aliphatic rings. The number of amides is 1. The average molecular weight is 447 g/mol. The molecule has 4 rings (SSSR count). The van der Waals surface area contributed by atoms with Crippen LogP contribution in [0.15, 0.2) is 77.9 Å². The van der Waals surface area contributed by atoms with E-state index >= 15 is 0 Å². The van der Waals surface area contributed by atoms with Gasteiger partial charge in [-0.2, -0.15) is 0 Å². The molecule has 6 heteroatoms. The Bertz CT molecular complexity index is 1220. The second kappa shape index (κ2) is 9.28. The van der Waals surface area contributed by atoms with Crippen LogP contribution in [0.2, 0.25) is 5.02 Å². The Labute approximate surface area is 191 Å². The van der Waals surface area contributed by atoms with Gasteiger partial charge >= 0.3 is 5.97 Å². The van der Waals surface area contributed by atoms with Crippen molar-refractivity contribution < 1.29 is 14.7 Å². The summed E-state index contributed by atoms with van der Waals surface area (Å²) >= 11 is 6.52. The van der Waals surface area contributed by atoms with Crippen molar-refractivity contribution in [1.82, 2.24) is 0 Å². The van der Waals surface area contributed by atoms with E-state index in [9.17, 15) is 14.7 Å². The molecule has 3 aromatic carbocycles. The van der Waals surface area contributed by atoms with Crippen LogP contribution in [-0.2, 0) is 9.59 Å². The molecule has 0 aromatic heterocycles. The van der Waals surface area contributed by atoms with Crippen LogP contribution in [-0.4, -0.2) is 17.0 Å². The van der Waals surface area contributed by atoms with E-state index in [2.05, 4.69) is 29.7 Å². The number of carbonyl (C=O) groups is 2. The van der Waals surface area contributed by atoms with E-state index in [1.807, 2.05) is 42.5 Å². The van der Waals surface area contributed by atoms with Gasteiger partial charge in [0.15, 0.2) is 0 Å². The molecule has 0 saturated heterocycles. The Morgan fingerprint density at radius 2 is 1.59 bits per heavy atom. The van der Waals surface area contributed by atoms with Gasteiger partial charge < -0.3 is 15.7 Å². The van der Waals surface area contributed by atoms with Gasteiger partial charge in [0.25, 0.3) is 5.91 Å². The van der Waals surface area contributed by atoms with E-state index in [1.165, 1.54) is 5.56 Å². The molecule has 0 saturated carbocycles. The number of carboxylic acid groups (broad SMARTS) is 1. The fourth-order valence-corrected chi connectivity index (χ4v) is 4.14. The van der Waals surface area contributed by atoms with Crippen molar-refractivity contribution in [3.63, 3.8) is 0 Å². The summed E-state index contributed by atoms with van der Waals surface area (Å²) in [4.78, 5) is 23.7. The van der Waals surface area contributed by atoms with Gasteiger partial charge in [-0.25, -0.2) is 4.79 Å². The summed E-state index contributed by atoms with van der Waals surface area (Å²) < 4.78 is 0. The zero-order valence-electron chi connectivity index (χ0n) is 17.6. The van der Waals surface area contributed by atoms with Crippen LogP contribution in [0.5, 0.6) is 0 Å². The van der Waals surface area contributed by atoms with Gasteiger partial charge in [-0.15, -0.1) is 0 Å². The molecule has 3 N–H and O–H groups in total. The maximum Gasteiger partial charge on any atom is 0.332 e. The quantitative estimate of drug-likeness (QED) is 0.400. The zero-order chi connectivity index (χ0) is 22.7. The fourth-order valence-electron chi connectivity index (χ4n) is 3.91. The Kier molecular flexibility index (Phi) is 6.28. The molecule has 0 radical (unpaired) electrons. The third kappa shape index (κ3) is 4.68. The van der Waals surface area contributed by atoms with Crippen LogP contribution in [0, 0.1) is 6.92 Å². The molecule has 32 heavy (non-hydrogen) atoms. The number of anilines is 3. The minimum Gasteiger partial charge on any atom is -0.478 e. The number of aryl methyl sites for hydroxylation is 1. The van der Waals surface area contributed by atoms with E-state index in [0.717, 1.165) is 22.5 Å². The number of nitrogens with one attached hydrogen (secondary N) is 2. The molecule has 1 aliphatic carbocycles. The molecule has 5 nitrogen and oxygen atoms in total. The van der Waals surface area contributed by atoms with Crippen molar-refractivity contribution in [3.05, 3.63) is 88.5 Å². The van der Waals surface area contributed by atoms with Gasteiger partial charge in [-0.1, -0.05) is 41.9 Å². The molecular weight excluding hydrogens is 424 g/mol. The van der Waals surface area contributed by atoms with Crippen LogP contribution >= 0.6 is 11.6 Å². The van der Waals surface area contributed by atoms with E-state index in [-0.39, 0.29) is 11.5 Å². The molecule has 3 aromatic rings. The first-order chi connectivity index (χ1) is 15.4. The van der Waals surface area contributed by atoms with Crippen molar-refractivity contribution in [3.8, 4) is 11.1 Å². The predicted octanol–water partition coefficient (Wildman–Crippen LogP) is 6.56. The second-order valence-electron chi connectivity index (χ2n) is 7.78. The molecule has 0 atom stereocenters. The number of carbonyl (C=O) groups excluding carboxylic acids is 1. The summed E-state index contributed by atoms with van der Waals surface area (Å²) in [6.07, 6.45) is 1.62. The Morgan fingerprint density at radius 3 is 2.28 bits per heavy atom. The first-order valence-electron chi connectivity index (χ1n) is 10.4. The Balaban J connectivity index is 1.45. The maximum atomic E-state index is 12.5. The molecule has 0 spiro atoms. The van der Waals surface area contributed by atoms with E-state index in [0.29, 0.717) is 35.5 Å². The molecule has 0 bridgehead atoms. The minimum absolute atomic E-state index is 0.213. The second-order valence-corrected chi connectivity index (χ2v) is 8.19. The van der Waals surface area contributed by atoms with Crippen LogP contribution in [0.4, 0.5) is 17.1 Å². The number of carboxylic acids is 1. The number of benzene rings is 3. The van der Waals surface area contributed by atoms with Crippen molar-refractivity contribution in [2.45, 2.75) is 26.2 Å². The highest BCUT2D eigenvalue weighted by Gasteiger charge is 2.25. The third-order valence-electron chi connectivity index (χ3n) is 5.60. The molecule has 162 valence electrons. The van der Waals surface area contributed by atoms with Crippen molar-refractivity contribution in [1.29, 1.82) is 0 Å². The van der Waals surface area contributed by atoms with Gasteiger partial charge in [-0.3, -0.25) is 4.79 Å². The fraction of sp³-hybridized carbons (Fsp3) is 0.154. The summed E-state index contributed by atoms with van der Waals surface area (Å²) in [6.45, 7) is 2.07. The van der Waals surface area contributed by atoms with Gasteiger partial charge in [-0.05, 0) is 79.3 Å². The lowest BCUT2D eigenvalue weighted by Gasteiger charge is -2.12. The summed E-state index contributed by atoms with van der Waals surface area (Å²) in [5, 5.41) is 15.9. The zero-order valence-corrected chi connectivity index (χ0v) is 18.4. The lowest BCUT2D eigenvalue weighted by molar-refractivity contribution is -0.133. The number of aliphatic carboxylic acids is 1. The Hall–Kier alpha value is -3.57. The van der Waals surface area contributed by atoms with Crippen LogP contribution in [0.3, 0.4) is 0 Å². The SMILES string of the molecule is Cc1ccccc1-c1ccc(Nc2ccc(NC(=O)C3=C(C(=O)O)CCC3)cc2)c(Cl)c1. The van der Waals surface area contributed by atoms with Gasteiger partial charge in [0.1, 0.15) is 0 Å². The van der Waals surface area contributed by atoms with Gasteiger partial charge in [0.05, 0.1) is 10.7 Å². The summed E-state index contributed by atoms with van der Waals surface area (Å²) in [6, 6.07) is 21.3. The molecule has 1 amide bonds. The molecular formula is C26H23ClN2O3. The van der Waals surface area contributed by atoms with Crippen LogP contribution < -0.4 is 10.6 Å². The van der Waals surface area contributed by atoms with E-state index in [1.54, 1.807) is 12.1 Å². The summed E-state index contributed by atoms with van der Waals surface area (Å²) in [7, 11) is 0. The van der Waals surface area contributed by atoms with Crippen LogP contribution in [0.1, 0.15) is 24.8 Å². The van der Waals surface area contributed by atoms with Gasteiger partial charge in [0, 0.05) is 22.5 Å². The Morgan fingerprint density at radius 1 is 0.906 bits per heavy atom.